The van der Waals surface area contributed by atoms with Gasteiger partial charge in [0.1, 0.15) is 12.2 Å². The predicted octanol–water partition coefficient (Wildman–Crippen LogP) is 4.87. The molecule has 1 fully saturated rings. The normalized spacial score (nSPS) is 27.2. The van der Waals surface area contributed by atoms with Crippen LogP contribution in [0.3, 0.4) is 0 Å². The second-order valence-electron chi connectivity index (χ2n) is 11.1. The summed E-state index contributed by atoms with van der Waals surface area (Å²) in [7, 11) is 2.74. The lowest BCUT2D eigenvalue weighted by Crippen LogP contribution is -2.48. The van der Waals surface area contributed by atoms with E-state index in [1.54, 1.807) is 32.0 Å². The molecule has 2 aromatic rings. The molecule has 0 aliphatic carbocycles. The van der Waals surface area contributed by atoms with Crippen LogP contribution in [-0.4, -0.2) is 80.2 Å². The van der Waals surface area contributed by atoms with Crippen molar-refractivity contribution in [3.63, 3.8) is 0 Å². The van der Waals surface area contributed by atoms with Crippen LogP contribution in [0.1, 0.15) is 75.9 Å². The topological polar surface area (TPSA) is 132 Å². The molecule has 12 heteroatoms. The van der Waals surface area contributed by atoms with E-state index in [1.807, 2.05) is 0 Å². The second-order valence-corrected chi connectivity index (χ2v) is 11.6. The number of aliphatic carboxylic acids is 1. The van der Waals surface area contributed by atoms with Gasteiger partial charge >= 0.3 is 11.9 Å². The molecule has 2 heterocycles. The number of para-hydroxylation sites is 1. The highest BCUT2D eigenvalue weighted by molar-refractivity contribution is 6.30. The molecular weight excluding hydrogens is 604 g/mol. The van der Waals surface area contributed by atoms with Gasteiger partial charge in [-0.1, -0.05) is 37.6 Å². The molecule has 2 aliphatic rings. The van der Waals surface area contributed by atoms with Gasteiger partial charge in [-0.3, -0.25) is 19.2 Å². The second kappa shape index (κ2) is 14.5. The third kappa shape index (κ3) is 8.26. The number of amides is 2. The summed E-state index contributed by atoms with van der Waals surface area (Å²) in [4.78, 5) is 53.2. The molecule has 1 N–H and O–H groups in total. The third-order valence-corrected chi connectivity index (χ3v) is 7.18. The van der Waals surface area contributed by atoms with Crippen molar-refractivity contribution in [2.24, 2.45) is 11.3 Å². The van der Waals surface area contributed by atoms with Crippen molar-refractivity contribution in [1.82, 2.24) is 4.90 Å². The zero-order valence-electron chi connectivity index (χ0n) is 34.4. The number of methoxy groups -OCH3 is 2. The summed E-state index contributed by atoms with van der Waals surface area (Å²) in [6.07, 6.45) is -13.7. The number of rotatable bonds is 11. The minimum absolute atomic E-state index is 0.157. The number of carbonyl (C=O) groups excluding carboxylic acids is 3. The largest absolute Gasteiger partial charge is 0.493 e. The van der Waals surface area contributed by atoms with Gasteiger partial charge in [0.15, 0.2) is 11.5 Å². The first kappa shape index (κ1) is 23.5. The van der Waals surface area contributed by atoms with Crippen molar-refractivity contribution in [2.75, 3.05) is 45.3 Å². The van der Waals surface area contributed by atoms with Gasteiger partial charge in [-0.2, -0.15) is 0 Å². The van der Waals surface area contributed by atoms with Crippen molar-refractivity contribution in [3.8, 4) is 11.5 Å². The monoisotopic (exact) mass is 653 g/mol. The number of piperidine rings is 1. The number of carboxylic acids is 1. The fourth-order valence-corrected chi connectivity index (χ4v) is 5.10. The van der Waals surface area contributed by atoms with E-state index in [0.29, 0.717) is 0 Å². The first-order valence-corrected chi connectivity index (χ1v) is 14.3. The number of fused-ring (bicyclic) bond motifs is 1. The van der Waals surface area contributed by atoms with Crippen LogP contribution in [0.2, 0.25) is 5.02 Å². The highest BCUT2D eigenvalue weighted by Gasteiger charge is 2.41. The third-order valence-electron chi connectivity index (χ3n) is 6.95. The van der Waals surface area contributed by atoms with Crippen LogP contribution in [0, 0.1) is 11.3 Å². The molecule has 2 atom stereocenters. The van der Waals surface area contributed by atoms with Gasteiger partial charge in [-0.25, -0.2) is 0 Å². The number of hydrogen-bond donors (Lipinski definition) is 1. The predicted molar refractivity (Wildman–Crippen MR) is 167 cm³/mol. The van der Waals surface area contributed by atoms with Crippen molar-refractivity contribution in [2.45, 2.75) is 58.6 Å². The Morgan fingerprint density at radius 2 is 1.82 bits per heavy atom. The number of hydrogen-bond acceptors (Lipinski definition) is 8. The Labute approximate surface area is 281 Å². The molecule has 4 rings (SSSR count). The average molecular weight is 654 g/mol. The van der Waals surface area contributed by atoms with Crippen LogP contribution < -0.4 is 14.4 Å². The summed E-state index contributed by atoms with van der Waals surface area (Å²) in [5, 5.41) is 9.66. The van der Waals surface area contributed by atoms with Crippen LogP contribution >= 0.6 is 11.6 Å². The number of likely N-dealkylation sites (tertiary alicyclic amines) is 1. The van der Waals surface area contributed by atoms with E-state index in [9.17, 15) is 24.3 Å². The maximum atomic E-state index is 14.7. The Morgan fingerprint density at radius 1 is 1.11 bits per heavy atom. The number of carbonyl (C=O) groups is 4. The summed E-state index contributed by atoms with van der Waals surface area (Å²) in [5.74, 6) is -8.21. The number of benzene rings is 2. The van der Waals surface area contributed by atoms with Crippen LogP contribution in [0.4, 0.5) is 5.69 Å². The molecule has 2 aliphatic heterocycles. The molecule has 11 nitrogen and oxygen atoms in total. The average Bonchev–Trinajstić information content (AvgIpc) is 3.15. The highest BCUT2D eigenvalue weighted by Crippen LogP contribution is 2.45. The van der Waals surface area contributed by atoms with Gasteiger partial charge in [-0.05, 0) is 42.9 Å². The maximum absolute atomic E-state index is 14.7. The number of anilines is 1. The number of nitrogens with zero attached hydrogens (tertiary/aromatic N) is 2. The fourth-order valence-electron chi connectivity index (χ4n) is 4.92. The first-order chi connectivity index (χ1) is 24.7. The van der Waals surface area contributed by atoms with Crippen LogP contribution in [-0.2, 0) is 28.7 Å². The standard InChI is InChI=1S/C33H41ClN2O9/c1-20(37)44-19-33(2,3)18-36-25-10-9-22(34)16-24(25)30(23-7-6-8-26(42-4)31(23)43-5)45-27(32(36)41)17-28(38)35-13-11-21(12-14-35)15-29(39)40/h6-10,16,21,27,30H,11-15,17-19H2,1-5H3,(H,39,40)/t27-,30-/m0/s1/i11D2,12D2,13D2,14D2,21D. The molecule has 2 amide bonds. The molecule has 2 aromatic carbocycles. The zero-order valence-corrected chi connectivity index (χ0v) is 26.2. The molecule has 0 bridgehead atoms. The Bertz CT molecular complexity index is 1800. The van der Waals surface area contributed by atoms with Crippen molar-refractivity contribution in [3.05, 3.63) is 52.5 Å². The smallest absolute Gasteiger partial charge is 0.303 e. The summed E-state index contributed by atoms with van der Waals surface area (Å²) in [6, 6.07) is 9.30. The molecule has 0 aromatic heterocycles. The van der Waals surface area contributed by atoms with E-state index in [4.69, 9.17) is 42.9 Å². The van der Waals surface area contributed by atoms with E-state index in [0.717, 1.165) is 0 Å². The van der Waals surface area contributed by atoms with Gasteiger partial charge in [0, 0.05) is 72.5 Å². The van der Waals surface area contributed by atoms with Gasteiger partial charge in [0.05, 0.1) is 27.2 Å². The van der Waals surface area contributed by atoms with Crippen molar-refractivity contribution in [1.29, 1.82) is 0 Å². The molecule has 0 spiro atoms. The summed E-state index contributed by atoms with van der Waals surface area (Å²) in [6.45, 7) is -3.42. The van der Waals surface area contributed by atoms with Crippen LogP contribution in [0.15, 0.2) is 36.4 Å². The molecule has 0 unspecified atom stereocenters. The Kier molecular flexibility index (Phi) is 7.58. The molecule has 0 radical (unpaired) electrons. The van der Waals surface area contributed by atoms with E-state index in [1.165, 1.54) is 44.2 Å². The van der Waals surface area contributed by atoms with Gasteiger partial charge in [-0.15, -0.1) is 0 Å². The molecule has 45 heavy (non-hydrogen) atoms. The van der Waals surface area contributed by atoms with E-state index in [-0.39, 0.29) is 51.4 Å². The van der Waals surface area contributed by atoms with Gasteiger partial charge in [0.2, 0.25) is 5.91 Å². The molecular formula is C33H41ClN2O9. The Morgan fingerprint density at radius 3 is 2.44 bits per heavy atom. The lowest BCUT2D eigenvalue weighted by molar-refractivity contribution is -0.145. The highest BCUT2D eigenvalue weighted by atomic mass is 35.5. The summed E-state index contributed by atoms with van der Waals surface area (Å²) in [5.41, 5.74) is -0.162. The van der Waals surface area contributed by atoms with Gasteiger partial charge < -0.3 is 33.9 Å². The molecule has 0 saturated carbocycles. The number of carboxylic acid groups (broad SMARTS) is 1. The van der Waals surface area contributed by atoms with Crippen LogP contribution in [0.5, 0.6) is 11.5 Å². The number of esters is 1. The Balaban J connectivity index is 1.93. The minimum Gasteiger partial charge on any atom is -0.493 e. The van der Waals surface area contributed by atoms with Crippen LogP contribution in [0.25, 0.3) is 0 Å². The first-order valence-electron chi connectivity index (χ1n) is 18.4. The van der Waals surface area contributed by atoms with Gasteiger partial charge in [0.25, 0.3) is 5.91 Å². The molecule has 1 saturated heterocycles. The summed E-state index contributed by atoms with van der Waals surface area (Å²) < 4.78 is 100. The van der Waals surface area contributed by atoms with E-state index in [2.05, 4.69) is 0 Å². The minimum atomic E-state index is -3.85. The Hall–Kier alpha value is -3.83. The lowest BCUT2D eigenvalue weighted by Gasteiger charge is -2.34. The molecule has 244 valence electrons. The number of halogens is 1. The van der Waals surface area contributed by atoms with Crippen molar-refractivity contribution >= 4 is 41.0 Å². The maximum Gasteiger partial charge on any atom is 0.303 e. The quantitative estimate of drug-likeness (QED) is 0.337. The van der Waals surface area contributed by atoms with Crippen molar-refractivity contribution < 1.29 is 55.6 Å². The van der Waals surface area contributed by atoms with E-state index >= 15 is 0 Å². The van der Waals surface area contributed by atoms with E-state index < -0.39 is 85.9 Å². The fraction of sp³-hybridized carbons (Fsp3) is 0.515. The lowest BCUT2D eigenvalue weighted by atomic mass is 9.92. The summed E-state index contributed by atoms with van der Waals surface area (Å²) >= 11 is 6.47. The SMILES string of the molecule is [2H]C1([2H])N(C(=O)C[C@@H]2O[C@@H](c3cccc(OC)c3OC)c3cc(Cl)ccc3N(CC(C)(C)COC(C)=O)C2=O)C([2H])([2H])C([2H])([2H])C([2H])(CC(=O)O)C1([2H])[2H]. The zero-order chi connectivity index (χ0) is 41.0. The number of ether oxygens (including phenoxy) is 4.